The molecule has 0 aromatic carbocycles. The van der Waals surface area contributed by atoms with E-state index in [1.165, 1.54) is 0 Å². The van der Waals surface area contributed by atoms with Crippen LogP contribution in [0.2, 0.25) is 0 Å². The van der Waals surface area contributed by atoms with Crippen LogP contribution >= 0.6 is 0 Å². The molecule has 0 aliphatic carbocycles. The van der Waals surface area contributed by atoms with Crippen molar-refractivity contribution < 1.29 is 9.53 Å². The van der Waals surface area contributed by atoms with Gasteiger partial charge in [0.1, 0.15) is 0 Å². The zero-order valence-electron chi connectivity index (χ0n) is 15.0. The molecule has 2 fully saturated rings. The number of pyridine rings is 1. The highest BCUT2D eigenvalue weighted by Crippen LogP contribution is 2.36. The normalized spacial score (nSPS) is 23.7. The molecule has 0 saturated carbocycles. The molecule has 7 heteroatoms. The fourth-order valence-corrected chi connectivity index (χ4v) is 3.74. The molecule has 1 aromatic rings. The van der Waals surface area contributed by atoms with Gasteiger partial charge in [0.2, 0.25) is 11.8 Å². The van der Waals surface area contributed by atoms with Gasteiger partial charge in [0.15, 0.2) is 5.96 Å². The van der Waals surface area contributed by atoms with Crippen LogP contribution in [0.4, 0.5) is 0 Å². The molecular weight excluding hydrogens is 318 g/mol. The van der Waals surface area contributed by atoms with E-state index in [9.17, 15) is 4.79 Å². The van der Waals surface area contributed by atoms with Crippen molar-refractivity contribution in [1.29, 1.82) is 0 Å². The zero-order valence-corrected chi connectivity index (χ0v) is 15.0. The Morgan fingerprint density at radius 1 is 1.56 bits per heavy atom. The summed E-state index contributed by atoms with van der Waals surface area (Å²) in [5, 5.41) is 6.38. The summed E-state index contributed by atoms with van der Waals surface area (Å²) in [6.45, 7) is 6.00. The zero-order chi connectivity index (χ0) is 17.7. The SMILES string of the molecule is CCNC(=NCc1cccnc1OC)N1CCCC2(CNC(=O)C2)C1. The first-order valence-electron chi connectivity index (χ1n) is 8.94. The molecule has 136 valence electrons. The van der Waals surface area contributed by atoms with E-state index in [2.05, 4.69) is 27.4 Å². The number of piperidine rings is 1. The molecular formula is C18H27N5O2. The van der Waals surface area contributed by atoms with E-state index in [-0.39, 0.29) is 11.3 Å². The number of ether oxygens (including phenoxy) is 1. The van der Waals surface area contributed by atoms with Crippen molar-refractivity contribution in [2.45, 2.75) is 32.7 Å². The van der Waals surface area contributed by atoms with Crippen LogP contribution < -0.4 is 15.4 Å². The molecule has 0 bridgehead atoms. The summed E-state index contributed by atoms with van der Waals surface area (Å²) in [6, 6.07) is 3.88. The third kappa shape index (κ3) is 4.03. The van der Waals surface area contributed by atoms with Gasteiger partial charge in [0, 0.05) is 49.8 Å². The van der Waals surface area contributed by atoms with E-state index < -0.39 is 0 Å². The summed E-state index contributed by atoms with van der Waals surface area (Å²) in [6.07, 6.45) is 4.52. The minimum Gasteiger partial charge on any atom is -0.481 e. The Hall–Kier alpha value is -2.31. The minimum atomic E-state index is 0.0531. The van der Waals surface area contributed by atoms with Crippen LogP contribution in [0, 0.1) is 5.41 Å². The molecule has 1 atom stereocenters. The predicted octanol–water partition coefficient (Wildman–Crippen LogP) is 1.16. The Kier molecular flexibility index (Phi) is 5.40. The lowest BCUT2D eigenvalue weighted by atomic mass is 9.79. The Bertz CT molecular complexity index is 648. The lowest BCUT2D eigenvalue weighted by Gasteiger charge is -2.40. The second kappa shape index (κ2) is 7.72. The first-order valence-corrected chi connectivity index (χ1v) is 8.94. The van der Waals surface area contributed by atoms with E-state index >= 15 is 0 Å². The molecule has 1 unspecified atom stereocenters. The molecule has 2 saturated heterocycles. The van der Waals surface area contributed by atoms with Crippen LogP contribution in [0.25, 0.3) is 0 Å². The third-order valence-corrected chi connectivity index (χ3v) is 4.93. The van der Waals surface area contributed by atoms with Gasteiger partial charge in [0.25, 0.3) is 0 Å². The average Bonchev–Trinajstić information content (AvgIpc) is 2.98. The van der Waals surface area contributed by atoms with Crippen LogP contribution in [0.5, 0.6) is 5.88 Å². The van der Waals surface area contributed by atoms with Crippen molar-refractivity contribution in [3.63, 3.8) is 0 Å². The van der Waals surface area contributed by atoms with Gasteiger partial charge in [0.05, 0.1) is 13.7 Å². The molecule has 3 heterocycles. The van der Waals surface area contributed by atoms with E-state index in [1.807, 2.05) is 12.1 Å². The van der Waals surface area contributed by atoms with Gasteiger partial charge in [-0.1, -0.05) is 6.07 Å². The Balaban J connectivity index is 1.74. The van der Waals surface area contributed by atoms with Crippen molar-refractivity contribution >= 4 is 11.9 Å². The highest BCUT2D eigenvalue weighted by atomic mass is 16.5. The molecule has 2 aliphatic heterocycles. The first-order chi connectivity index (χ1) is 12.2. The van der Waals surface area contributed by atoms with Gasteiger partial charge in [-0.15, -0.1) is 0 Å². The minimum absolute atomic E-state index is 0.0531. The van der Waals surface area contributed by atoms with Gasteiger partial charge in [-0.25, -0.2) is 9.98 Å². The number of likely N-dealkylation sites (tertiary alicyclic amines) is 1. The number of methoxy groups -OCH3 is 1. The maximum absolute atomic E-state index is 11.7. The molecule has 0 radical (unpaired) electrons. The molecule has 2 N–H and O–H groups in total. The molecule has 1 aromatic heterocycles. The van der Waals surface area contributed by atoms with Crippen molar-refractivity contribution in [1.82, 2.24) is 20.5 Å². The van der Waals surface area contributed by atoms with Crippen LogP contribution in [-0.4, -0.2) is 55.0 Å². The average molecular weight is 345 g/mol. The van der Waals surface area contributed by atoms with Crippen LogP contribution in [0.15, 0.2) is 23.3 Å². The van der Waals surface area contributed by atoms with Gasteiger partial charge < -0.3 is 20.3 Å². The fraction of sp³-hybridized carbons (Fsp3) is 0.611. The number of aliphatic imine (C=N–C) groups is 1. The predicted molar refractivity (Wildman–Crippen MR) is 96.5 cm³/mol. The molecule has 7 nitrogen and oxygen atoms in total. The molecule has 1 amide bonds. The van der Waals surface area contributed by atoms with E-state index in [1.54, 1.807) is 13.3 Å². The van der Waals surface area contributed by atoms with Crippen molar-refractivity contribution in [2.75, 3.05) is 33.3 Å². The van der Waals surface area contributed by atoms with Gasteiger partial charge >= 0.3 is 0 Å². The number of carbonyl (C=O) groups excluding carboxylic acids is 1. The number of guanidine groups is 1. The second-order valence-electron chi connectivity index (χ2n) is 6.82. The van der Waals surface area contributed by atoms with Crippen LogP contribution in [-0.2, 0) is 11.3 Å². The number of aromatic nitrogens is 1. The Morgan fingerprint density at radius 2 is 2.44 bits per heavy atom. The number of amides is 1. The van der Waals surface area contributed by atoms with Gasteiger partial charge in [-0.2, -0.15) is 0 Å². The highest BCUT2D eigenvalue weighted by molar-refractivity contribution is 5.81. The van der Waals surface area contributed by atoms with Crippen LogP contribution in [0.3, 0.4) is 0 Å². The smallest absolute Gasteiger partial charge is 0.220 e. The van der Waals surface area contributed by atoms with E-state index in [0.29, 0.717) is 18.8 Å². The highest BCUT2D eigenvalue weighted by Gasteiger charge is 2.42. The number of hydrogen-bond donors (Lipinski definition) is 2. The number of rotatable bonds is 4. The second-order valence-corrected chi connectivity index (χ2v) is 6.82. The van der Waals surface area contributed by atoms with Crippen LogP contribution in [0.1, 0.15) is 31.7 Å². The van der Waals surface area contributed by atoms with Crippen molar-refractivity contribution in [3.05, 3.63) is 23.9 Å². The first kappa shape index (κ1) is 17.5. The summed E-state index contributed by atoms with van der Waals surface area (Å²) in [5.74, 6) is 1.68. The quantitative estimate of drug-likeness (QED) is 0.632. The standard InChI is InChI=1S/C18H27N5O2/c1-3-19-17(21-11-14-6-4-8-20-16(14)25-2)23-9-5-7-18(13-23)10-15(24)22-12-18/h4,6,8H,3,5,7,9-13H2,1-2H3,(H,19,21)(H,22,24). The number of nitrogens with zero attached hydrogens (tertiary/aromatic N) is 3. The molecule has 25 heavy (non-hydrogen) atoms. The van der Waals surface area contributed by atoms with E-state index in [0.717, 1.165) is 50.5 Å². The maximum atomic E-state index is 11.7. The fourth-order valence-electron chi connectivity index (χ4n) is 3.74. The topological polar surface area (TPSA) is 78.9 Å². The van der Waals surface area contributed by atoms with Crippen molar-refractivity contribution in [2.24, 2.45) is 10.4 Å². The lowest BCUT2D eigenvalue weighted by molar-refractivity contribution is -0.119. The largest absolute Gasteiger partial charge is 0.481 e. The Labute approximate surface area is 148 Å². The Morgan fingerprint density at radius 3 is 3.16 bits per heavy atom. The van der Waals surface area contributed by atoms with Gasteiger partial charge in [-0.05, 0) is 25.8 Å². The number of nitrogens with one attached hydrogen (secondary N) is 2. The third-order valence-electron chi connectivity index (χ3n) is 4.93. The van der Waals surface area contributed by atoms with Gasteiger partial charge in [-0.3, -0.25) is 4.79 Å². The molecule has 3 rings (SSSR count). The summed E-state index contributed by atoms with van der Waals surface area (Å²) in [5.41, 5.74) is 1.02. The summed E-state index contributed by atoms with van der Waals surface area (Å²) < 4.78 is 5.31. The molecule has 2 aliphatic rings. The maximum Gasteiger partial charge on any atom is 0.220 e. The summed E-state index contributed by atoms with van der Waals surface area (Å²) in [7, 11) is 1.62. The number of carbonyl (C=O) groups is 1. The monoisotopic (exact) mass is 345 g/mol. The van der Waals surface area contributed by atoms with E-state index in [4.69, 9.17) is 9.73 Å². The lowest BCUT2D eigenvalue weighted by Crippen LogP contribution is -2.51. The number of hydrogen-bond acceptors (Lipinski definition) is 4. The summed E-state index contributed by atoms with van der Waals surface area (Å²) >= 11 is 0. The van der Waals surface area contributed by atoms with Crippen molar-refractivity contribution in [3.8, 4) is 5.88 Å². The molecule has 1 spiro atoms. The summed E-state index contributed by atoms with van der Waals surface area (Å²) in [4.78, 5) is 23.0.